The van der Waals surface area contributed by atoms with E-state index in [1.54, 1.807) is 0 Å². The first-order valence-corrected chi connectivity index (χ1v) is 6.21. The highest BCUT2D eigenvalue weighted by Gasteiger charge is 2.25. The van der Waals surface area contributed by atoms with Crippen LogP contribution in [0.2, 0.25) is 0 Å². The van der Waals surface area contributed by atoms with E-state index in [1.165, 1.54) is 16.3 Å². The third-order valence-electron chi connectivity index (χ3n) is 3.50. The van der Waals surface area contributed by atoms with Crippen molar-refractivity contribution >= 4 is 10.8 Å². The number of rotatable bonds is 1. The van der Waals surface area contributed by atoms with Gasteiger partial charge >= 0.3 is 0 Å². The molecule has 2 aromatic carbocycles. The summed E-state index contributed by atoms with van der Waals surface area (Å²) in [5.74, 6) is 0. The molecule has 1 heterocycles. The van der Waals surface area contributed by atoms with Crippen molar-refractivity contribution in [2.24, 2.45) is 5.73 Å². The number of hydrogen-bond donors (Lipinski definition) is 1. The summed E-state index contributed by atoms with van der Waals surface area (Å²) in [5, 5.41) is 2.52. The summed E-state index contributed by atoms with van der Waals surface area (Å²) in [6, 6.07) is 14.9. The van der Waals surface area contributed by atoms with Gasteiger partial charge in [0.15, 0.2) is 0 Å². The lowest BCUT2D eigenvalue weighted by Crippen LogP contribution is -2.34. The van der Waals surface area contributed by atoms with Gasteiger partial charge in [0.25, 0.3) is 0 Å². The molecule has 2 heteroatoms. The summed E-state index contributed by atoms with van der Waals surface area (Å²) >= 11 is 0. The van der Waals surface area contributed by atoms with Crippen molar-refractivity contribution in [3.05, 3.63) is 48.0 Å². The zero-order chi connectivity index (χ0) is 11.7. The molecule has 1 aliphatic heterocycles. The minimum absolute atomic E-state index is 0.0508. The average Bonchev–Trinajstić information content (AvgIpc) is 2.39. The predicted molar refractivity (Wildman–Crippen MR) is 69.9 cm³/mol. The fourth-order valence-corrected chi connectivity index (χ4v) is 2.62. The highest BCUT2D eigenvalue weighted by atomic mass is 16.5. The number of nitrogens with two attached hydrogens (primary N) is 1. The molecule has 0 aliphatic carbocycles. The maximum atomic E-state index is 6.18. The average molecular weight is 227 g/mol. The molecule has 0 spiro atoms. The fourth-order valence-electron chi connectivity index (χ4n) is 2.62. The number of hydrogen-bond acceptors (Lipinski definition) is 2. The van der Waals surface area contributed by atoms with Crippen LogP contribution in [0.4, 0.5) is 0 Å². The Kier molecular flexibility index (Phi) is 2.83. The first kappa shape index (κ1) is 10.8. The van der Waals surface area contributed by atoms with Crippen LogP contribution in [0.3, 0.4) is 0 Å². The van der Waals surface area contributed by atoms with E-state index in [0.717, 1.165) is 19.4 Å². The second-order valence-corrected chi connectivity index (χ2v) is 4.67. The molecule has 2 atom stereocenters. The van der Waals surface area contributed by atoms with Gasteiger partial charge in [-0.05, 0) is 29.2 Å². The Morgan fingerprint density at radius 1 is 1.06 bits per heavy atom. The molecule has 17 heavy (non-hydrogen) atoms. The SMILES string of the molecule is NC1CCCOC1c1cccc2ccccc12. The molecule has 2 nitrogen and oxygen atoms in total. The van der Waals surface area contributed by atoms with Crippen molar-refractivity contribution in [1.29, 1.82) is 0 Å². The normalized spacial score (nSPS) is 25.0. The largest absolute Gasteiger partial charge is 0.372 e. The van der Waals surface area contributed by atoms with Gasteiger partial charge in [-0.2, -0.15) is 0 Å². The van der Waals surface area contributed by atoms with Gasteiger partial charge < -0.3 is 10.5 Å². The van der Waals surface area contributed by atoms with Gasteiger partial charge in [0, 0.05) is 12.6 Å². The van der Waals surface area contributed by atoms with Gasteiger partial charge in [-0.1, -0.05) is 42.5 Å². The van der Waals surface area contributed by atoms with Crippen molar-refractivity contribution in [3.63, 3.8) is 0 Å². The Morgan fingerprint density at radius 2 is 1.88 bits per heavy atom. The van der Waals surface area contributed by atoms with E-state index in [-0.39, 0.29) is 12.1 Å². The van der Waals surface area contributed by atoms with Crippen LogP contribution in [0.25, 0.3) is 10.8 Å². The lowest BCUT2D eigenvalue weighted by molar-refractivity contribution is 0.00103. The molecule has 88 valence electrons. The Bertz CT molecular complexity index is 518. The molecule has 0 saturated carbocycles. The Hall–Kier alpha value is -1.38. The van der Waals surface area contributed by atoms with Crippen LogP contribution < -0.4 is 5.73 Å². The minimum atomic E-state index is 0.0508. The lowest BCUT2D eigenvalue weighted by Gasteiger charge is -2.30. The van der Waals surface area contributed by atoms with Crippen molar-refractivity contribution in [2.75, 3.05) is 6.61 Å². The third kappa shape index (κ3) is 1.94. The topological polar surface area (TPSA) is 35.2 Å². The number of ether oxygens (including phenoxy) is 1. The Morgan fingerprint density at radius 3 is 2.76 bits per heavy atom. The second-order valence-electron chi connectivity index (χ2n) is 4.67. The second kappa shape index (κ2) is 4.47. The summed E-state index contributed by atoms with van der Waals surface area (Å²) in [5.41, 5.74) is 7.41. The van der Waals surface area contributed by atoms with Crippen molar-refractivity contribution in [1.82, 2.24) is 0 Å². The van der Waals surface area contributed by atoms with Gasteiger partial charge in [-0.3, -0.25) is 0 Å². The Labute approximate surface area is 101 Å². The highest BCUT2D eigenvalue weighted by Crippen LogP contribution is 2.32. The van der Waals surface area contributed by atoms with Crippen LogP contribution in [-0.4, -0.2) is 12.6 Å². The van der Waals surface area contributed by atoms with E-state index >= 15 is 0 Å². The summed E-state index contributed by atoms with van der Waals surface area (Å²) in [4.78, 5) is 0. The predicted octanol–water partition coefficient (Wildman–Crippen LogP) is 3.02. The molecular weight excluding hydrogens is 210 g/mol. The number of fused-ring (bicyclic) bond motifs is 1. The van der Waals surface area contributed by atoms with Crippen molar-refractivity contribution < 1.29 is 4.74 Å². The zero-order valence-corrected chi connectivity index (χ0v) is 9.80. The van der Waals surface area contributed by atoms with Crippen LogP contribution >= 0.6 is 0 Å². The molecule has 0 radical (unpaired) electrons. The molecule has 0 amide bonds. The molecule has 2 aromatic rings. The van der Waals surface area contributed by atoms with E-state index in [0.29, 0.717) is 0 Å². The van der Waals surface area contributed by atoms with Crippen molar-refractivity contribution in [2.45, 2.75) is 25.0 Å². The van der Waals surface area contributed by atoms with Crippen LogP contribution in [0.1, 0.15) is 24.5 Å². The van der Waals surface area contributed by atoms with E-state index in [4.69, 9.17) is 10.5 Å². The molecule has 0 bridgehead atoms. The molecule has 3 rings (SSSR count). The van der Waals surface area contributed by atoms with E-state index in [2.05, 4.69) is 42.5 Å². The fraction of sp³-hybridized carbons (Fsp3) is 0.333. The standard InChI is InChI=1S/C15H17NO/c16-14-9-4-10-17-15(14)13-8-3-6-11-5-1-2-7-12(11)13/h1-3,5-8,14-15H,4,9-10,16H2. The summed E-state index contributed by atoms with van der Waals surface area (Å²) in [6.07, 6.45) is 2.17. The first-order chi connectivity index (χ1) is 8.36. The highest BCUT2D eigenvalue weighted by molar-refractivity contribution is 5.86. The monoisotopic (exact) mass is 227 g/mol. The number of benzene rings is 2. The lowest BCUT2D eigenvalue weighted by atomic mass is 9.93. The summed E-state index contributed by atoms with van der Waals surface area (Å²) in [6.45, 7) is 0.821. The van der Waals surface area contributed by atoms with Gasteiger partial charge in [-0.25, -0.2) is 0 Å². The molecule has 2 N–H and O–H groups in total. The molecule has 1 aliphatic rings. The first-order valence-electron chi connectivity index (χ1n) is 6.21. The van der Waals surface area contributed by atoms with Crippen LogP contribution in [0.5, 0.6) is 0 Å². The summed E-state index contributed by atoms with van der Waals surface area (Å²) in [7, 11) is 0. The summed E-state index contributed by atoms with van der Waals surface area (Å²) < 4.78 is 5.86. The van der Waals surface area contributed by atoms with Gasteiger partial charge in [0.1, 0.15) is 0 Å². The van der Waals surface area contributed by atoms with Gasteiger partial charge in [-0.15, -0.1) is 0 Å². The van der Waals surface area contributed by atoms with E-state index in [1.807, 2.05) is 0 Å². The van der Waals surface area contributed by atoms with Crippen LogP contribution in [0, 0.1) is 0 Å². The molecule has 2 unspecified atom stereocenters. The molecule has 1 fully saturated rings. The maximum Gasteiger partial charge on any atom is 0.0981 e. The Balaban J connectivity index is 2.10. The quantitative estimate of drug-likeness (QED) is 0.812. The maximum absolute atomic E-state index is 6.18. The molecular formula is C15H17NO. The minimum Gasteiger partial charge on any atom is -0.372 e. The smallest absolute Gasteiger partial charge is 0.0981 e. The molecule has 1 saturated heterocycles. The van der Waals surface area contributed by atoms with E-state index in [9.17, 15) is 0 Å². The van der Waals surface area contributed by atoms with Gasteiger partial charge in [0.05, 0.1) is 6.10 Å². The zero-order valence-electron chi connectivity index (χ0n) is 9.80. The van der Waals surface area contributed by atoms with Crippen LogP contribution in [-0.2, 0) is 4.74 Å². The molecule has 0 aromatic heterocycles. The third-order valence-corrected chi connectivity index (χ3v) is 3.50. The van der Waals surface area contributed by atoms with Gasteiger partial charge in [0.2, 0.25) is 0 Å². The van der Waals surface area contributed by atoms with Crippen molar-refractivity contribution in [3.8, 4) is 0 Å². The van der Waals surface area contributed by atoms with E-state index < -0.39 is 0 Å². The van der Waals surface area contributed by atoms with Crippen LogP contribution in [0.15, 0.2) is 42.5 Å².